The van der Waals surface area contributed by atoms with Crippen molar-refractivity contribution in [3.8, 4) is 0 Å². The van der Waals surface area contributed by atoms with Gasteiger partial charge in [-0.3, -0.25) is 9.59 Å². The summed E-state index contributed by atoms with van der Waals surface area (Å²) in [5, 5.41) is 0.724. The summed E-state index contributed by atoms with van der Waals surface area (Å²) in [7, 11) is 0. The monoisotopic (exact) mass is 382 g/mol. The minimum atomic E-state index is -0.507. The van der Waals surface area contributed by atoms with Crippen LogP contribution in [0.2, 0.25) is 5.02 Å². The zero-order chi connectivity index (χ0) is 19.3. The molecule has 3 aromatic rings. The molecule has 0 saturated carbocycles. The molecule has 2 amide bonds. The molecule has 1 aliphatic rings. The van der Waals surface area contributed by atoms with Gasteiger partial charge < -0.3 is 0 Å². The molecule has 1 aromatic heterocycles. The summed E-state index contributed by atoms with van der Waals surface area (Å²) in [6.45, 7) is 3.87. The first-order chi connectivity index (χ1) is 13.0. The second-order valence-corrected chi connectivity index (χ2v) is 6.78. The smallest absolute Gasteiger partial charge is 0.268 e. The number of anilines is 1. The van der Waals surface area contributed by atoms with Gasteiger partial charge in [0.25, 0.3) is 11.8 Å². The minimum Gasteiger partial charge on any atom is -0.268 e. The van der Waals surface area contributed by atoms with E-state index in [4.69, 9.17) is 11.6 Å². The van der Waals surface area contributed by atoms with Gasteiger partial charge in [-0.05, 0) is 48.2 Å². The fourth-order valence-corrected chi connectivity index (χ4v) is 3.85. The Balaban J connectivity index is 1.96. The van der Waals surface area contributed by atoms with Gasteiger partial charge in [0.1, 0.15) is 11.5 Å². The van der Waals surface area contributed by atoms with Gasteiger partial charge in [0.05, 0.1) is 16.8 Å². The molecule has 6 heteroatoms. The highest BCUT2D eigenvalue weighted by atomic mass is 35.5. The quantitative estimate of drug-likeness (QED) is 0.602. The van der Waals surface area contributed by atoms with E-state index >= 15 is 0 Å². The van der Waals surface area contributed by atoms with E-state index in [2.05, 4.69) is 4.98 Å². The average molecular weight is 383 g/mol. The van der Waals surface area contributed by atoms with Gasteiger partial charge in [-0.15, -0.1) is 0 Å². The normalized spacial score (nSPS) is 13.6. The maximum Gasteiger partial charge on any atom is 0.284 e. The van der Waals surface area contributed by atoms with Crippen LogP contribution in [0.4, 0.5) is 10.1 Å². The molecule has 0 saturated heterocycles. The number of benzene rings is 2. The van der Waals surface area contributed by atoms with Crippen LogP contribution in [0, 0.1) is 5.82 Å². The molecule has 27 heavy (non-hydrogen) atoms. The topological polar surface area (TPSA) is 50.3 Å². The van der Waals surface area contributed by atoms with Crippen LogP contribution in [0.15, 0.2) is 36.4 Å². The number of halogens is 2. The highest BCUT2D eigenvalue weighted by Gasteiger charge is 2.40. The Morgan fingerprint density at radius 2 is 1.85 bits per heavy atom. The SMILES string of the molecule is CCc1ccc(Cl)c(CC)c1N1C(=O)c2cc3c(F)cccc3nc2C1=O. The Kier molecular flexibility index (Phi) is 4.19. The van der Waals surface area contributed by atoms with Gasteiger partial charge in [-0.2, -0.15) is 0 Å². The lowest BCUT2D eigenvalue weighted by atomic mass is 10.0. The summed E-state index contributed by atoms with van der Waals surface area (Å²) in [6, 6.07) is 9.46. The summed E-state index contributed by atoms with van der Waals surface area (Å²) in [5.74, 6) is -1.49. The Labute approximate surface area is 160 Å². The zero-order valence-electron chi connectivity index (χ0n) is 14.8. The van der Waals surface area contributed by atoms with E-state index in [1.807, 2.05) is 19.9 Å². The molecular weight excluding hydrogens is 367 g/mol. The second kappa shape index (κ2) is 6.43. The molecule has 136 valence electrons. The van der Waals surface area contributed by atoms with E-state index in [0.717, 1.165) is 16.0 Å². The van der Waals surface area contributed by atoms with Crippen LogP contribution in [0.3, 0.4) is 0 Å². The molecule has 0 radical (unpaired) electrons. The zero-order valence-corrected chi connectivity index (χ0v) is 15.6. The van der Waals surface area contributed by atoms with E-state index in [0.29, 0.717) is 29.1 Å². The molecule has 0 fully saturated rings. The molecule has 4 nitrogen and oxygen atoms in total. The molecule has 0 bridgehead atoms. The molecule has 1 aliphatic heterocycles. The van der Waals surface area contributed by atoms with Crippen molar-refractivity contribution >= 4 is 40.0 Å². The second-order valence-electron chi connectivity index (χ2n) is 6.38. The highest BCUT2D eigenvalue weighted by molar-refractivity contribution is 6.36. The third kappa shape index (κ3) is 2.53. The molecule has 0 aliphatic carbocycles. The van der Waals surface area contributed by atoms with Crippen molar-refractivity contribution in [3.63, 3.8) is 0 Å². The number of aromatic nitrogens is 1. The molecule has 0 N–H and O–H groups in total. The van der Waals surface area contributed by atoms with Gasteiger partial charge in [-0.25, -0.2) is 14.3 Å². The maximum absolute atomic E-state index is 14.1. The Morgan fingerprint density at radius 3 is 2.56 bits per heavy atom. The number of aryl methyl sites for hydroxylation is 1. The lowest BCUT2D eigenvalue weighted by Gasteiger charge is -2.22. The minimum absolute atomic E-state index is 0.0437. The third-order valence-corrected chi connectivity index (χ3v) is 5.27. The van der Waals surface area contributed by atoms with Crippen molar-refractivity contribution in [2.45, 2.75) is 26.7 Å². The number of rotatable bonds is 3. The predicted molar refractivity (Wildman–Crippen MR) is 103 cm³/mol. The van der Waals surface area contributed by atoms with E-state index < -0.39 is 17.6 Å². The molecule has 0 unspecified atom stereocenters. The average Bonchev–Trinajstić information content (AvgIpc) is 2.90. The molecular formula is C21H16ClFN2O2. The van der Waals surface area contributed by atoms with Crippen molar-refractivity contribution in [3.05, 3.63) is 69.6 Å². The van der Waals surface area contributed by atoms with Crippen LogP contribution >= 0.6 is 11.6 Å². The van der Waals surface area contributed by atoms with Crippen LogP contribution in [0.5, 0.6) is 0 Å². The first-order valence-electron chi connectivity index (χ1n) is 8.76. The van der Waals surface area contributed by atoms with Gasteiger partial charge in [0, 0.05) is 10.4 Å². The van der Waals surface area contributed by atoms with Crippen LogP contribution in [0.1, 0.15) is 45.8 Å². The summed E-state index contributed by atoms with van der Waals surface area (Å²) < 4.78 is 14.1. The van der Waals surface area contributed by atoms with Crippen molar-refractivity contribution in [1.82, 2.24) is 4.98 Å². The fraction of sp³-hybridized carbons (Fsp3) is 0.190. The van der Waals surface area contributed by atoms with Gasteiger partial charge in [0.15, 0.2) is 0 Å². The number of hydrogen-bond donors (Lipinski definition) is 0. The number of fused-ring (bicyclic) bond motifs is 2. The predicted octanol–water partition coefficient (Wildman–Crippen LogP) is 4.95. The largest absolute Gasteiger partial charge is 0.284 e. The van der Waals surface area contributed by atoms with Crippen molar-refractivity contribution < 1.29 is 14.0 Å². The van der Waals surface area contributed by atoms with Crippen LogP contribution < -0.4 is 4.90 Å². The molecule has 4 rings (SSSR count). The number of carbonyl (C=O) groups is 2. The highest BCUT2D eigenvalue weighted by Crippen LogP contribution is 2.37. The Hall–Kier alpha value is -2.79. The first kappa shape index (κ1) is 17.6. The van der Waals surface area contributed by atoms with Crippen LogP contribution in [0.25, 0.3) is 10.9 Å². The summed E-state index contributed by atoms with van der Waals surface area (Å²) >= 11 is 6.34. The third-order valence-electron chi connectivity index (χ3n) is 4.91. The van der Waals surface area contributed by atoms with Crippen molar-refractivity contribution in [1.29, 1.82) is 0 Å². The summed E-state index contributed by atoms with van der Waals surface area (Å²) in [5.41, 5.74) is 2.60. The van der Waals surface area contributed by atoms with E-state index in [1.165, 1.54) is 18.2 Å². The Morgan fingerprint density at radius 1 is 1.07 bits per heavy atom. The lowest BCUT2D eigenvalue weighted by molar-refractivity contribution is 0.0924. The van der Waals surface area contributed by atoms with E-state index in [1.54, 1.807) is 12.1 Å². The standard InChI is InChI=1S/C21H16ClFN2O2/c1-3-11-8-9-15(22)12(4-2)19(11)25-20(26)14-10-13-16(23)6-5-7-17(13)24-18(14)21(25)27/h5-10H,3-4H2,1-2H3. The number of amides is 2. The number of hydrogen-bond acceptors (Lipinski definition) is 3. The maximum atomic E-state index is 14.1. The first-order valence-corrected chi connectivity index (χ1v) is 9.14. The molecule has 0 atom stereocenters. The van der Waals surface area contributed by atoms with E-state index in [9.17, 15) is 14.0 Å². The molecule has 2 heterocycles. The molecule has 2 aromatic carbocycles. The number of carbonyl (C=O) groups excluding carboxylic acids is 2. The molecule has 0 spiro atoms. The lowest BCUT2D eigenvalue weighted by Crippen LogP contribution is -2.31. The number of nitrogens with zero attached hydrogens (tertiary/aromatic N) is 2. The van der Waals surface area contributed by atoms with Crippen molar-refractivity contribution in [2.24, 2.45) is 0 Å². The number of pyridine rings is 1. The van der Waals surface area contributed by atoms with Gasteiger partial charge in [-0.1, -0.05) is 37.6 Å². The summed E-state index contributed by atoms with van der Waals surface area (Å²) in [4.78, 5) is 31.6. The fourth-order valence-electron chi connectivity index (χ4n) is 3.57. The van der Waals surface area contributed by atoms with Crippen LogP contribution in [-0.2, 0) is 12.8 Å². The van der Waals surface area contributed by atoms with Gasteiger partial charge in [0.2, 0.25) is 0 Å². The van der Waals surface area contributed by atoms with E-state index in [-0.39, 0.29) is 16.6 Å². The van der Waals surface area contributed by atoms with Crippen molar-refractivity contribution in [2.75, 3.05) is 4.90 Å². The number of imide groups is 1. The van der Waals surface area contributed by atoms with Gasteiger partial charge >= 0.3 is 0 Å². The Bertz CT molecular complexity index is 1130. The van der Waals surface area contributed by atoms with Crippen LogP contribution in [-0.4, -0.2) is 16.8 Å². The summed E-state index contributed by atoms with van der Waals surface area (Å²) in [6.07, 6.45) is 1.20.